The molecule has 18 atom stereocenters. The van der Waals surface area contributed by atoms with Crippen LogP contribution in [0.4, 0.5) is 21.1 Å². The molecule has 4 amide bonds. The van der Waals surface area contributed by atoms with Gasteiger partial charge in [0.2, 0.25) is 0 Å². The number of aryl methyl sites for hydroxylation is 1. The Morgan fingerprint density at radius 2 is 1.58 bits per heavy atom. The number of carbonyl (C=O) groups excluding carboxylic acids is 5. The van der Waals surface area contributed by atoms with Crippen LogP contribution in [0.5, 0.6) is 0 Å². The van der Waals surface area contributed by atoms with E-state index < -0.39 is 126 Å². The van der Waals surface area contributed by atoms with Gasteiger partial charge in [0.25, 0.3) is 5.91 Å². The molecule has 5 aliphatic rings. The number of nitrogens with two attached hydrogens (primary N) is 1. The highest BCUT2D eigenvalue weighted by Gasteiger charge is 2.61. The van der Waals surface area contributed by atoms with E-state index in [1.807, 2.05) is 13.8 Å². The number of amides is 4. The van der Waals surface area contributed by atoms with Crippen molar-refractivity contribution in [1.29, 1.82) is 0 Å². The summed E-state index contributed by atoms with van der Waals surface area (Å²) < 4.78 is 59.4. The average Bonchev–Trinajstić information content (AvgIpc) is 1.98. The second-order valence-corrected chi connectivity index (χ2v) is 25.0. The van der Waals surface area contributed by atoms with Gasteiger partial charge in [0, 0.05) is 90.2 Å². The van der Waals surface area contributed by atoms with E-state index in [1.165, 1.54) is 48.9 Å². The van der Waals surface area contributed by atoms with Crippen LogP contribution in [0.25, 0.3) is 11.0 Å². The molecule has 27 heteroatoms. The molecule has 25 nitrogen and oxygen atoms in total. The molecule has 472 valence electrons. The molecule has 3 aromatic heterocycles. The van der Waals surface area contributed by atoms with E-state index in [9.17, 15) is 24.6 Å². The molecule has 0 bridgehead atoms. The molecule has 0 aliphatic carbocycles. The molecule has 0 spiro atoms. The second-order valence-electron chi connectivity index (χ2n) is 24.2. The van der Waals surface area contributed by atoms with Crippen molar-refractivity contribution < 1.29 is 76.8 Å². The van der Waals surface area contributed by atoms with Gasteiger partial charge in [0.1, 0.15) is 29.6 Å². The lowest BCUT2D eigenvalue weighted by molar-refractivity contribution is -0.319. The summed E-state index contributed by atoms with van der Waals surface area (Å²) in [7, 11) is 4.61. The lowest BCUT2D eigenvalue weighted by Crippen LogP contribution is -2.63. The van der Waals surface area contributed by atoms with Crippen molar-refractivity contribution in [2.75, 3.05) is 65.2 Å². The molecule has 85 heavy (non-hydrogen) atoms. The normalized spacial score (nSPS) is 36.1. The van der Waals surface area contributed by atoms with Crippen LogP contribution in [0.1, 0.15) is 112 Å². The fourth-order valence-electron chi connectivity index (χ4n) is 13.4. The van der Waals surface area contributed by atoms with Crippen LogP contribution in [0.15, 0.2) is 24.9 Å². The number of cyclic esters (lactones) is 1. The first kappa shape index (κ1) is 65.9. The third-order valence-electron chi connectivity index (χ3n) is 18.3. The van der Waals surface area contributed by atoms with Crippen LogP contribution >= 0.6 is 23.2 Å². The number of aromatic nitrogens is 4. The zero-order valence-electron chi connectivity index (χ0n) is 50.8. The predicted molar refractivity (Wildman–Crippen MR) is 310 cm³/mol. The van der Waals surface area contributed by atoms with E-state index in [-0.39, 0.29) is 89.6 Å². The number of morpholine rings is 1. The van der Waals surface area contributed by atoms with Gasteiger partial charge in [-0.25, -0.2) is 19.6 Å². The number of carbonyl (C=O) groups is 5. The number of aliphatic hydroxyl groups excluding tert-OH is 2. The number of rotatable bonds is 14. The molecule has 5 saturated heterocycles. The molecule has 0 unspecified atom stereocenters. The minimum Gasteiger partial charge on any atom is -0.458 e. The molecule has 3 aromatic rings. The van der Waals surface area contributed by atoms with Gasteiger partial charge in [0.05, 0.1) is 100.0 Å². The van der Waals surface area contributed by atoms with E-state index in [4.69, 9.17) is 71.6 Å². The fourth-order valence-corrected chi connectivity index (χ4v) is 13.9. The summed E-state index contributed by atoms with van der Waals surface area (Å²) >= 11 is 12.7. The zero-order chi connectivity index (χ0) is 62.2. The zero-order valence-corrected chi connectivity index (χ0v) is 52.3. The lowest BCUT2D eigenvalue weighted by atomic mass is 9.73. The number of ether oxygens (including phenoxy) is 9. The number of Topliss-reactive ketones (excluding diaryl/α,β-unsaturated/α-hetero) is 1. The smallest absolute Gasteiger partial charge is 0.410 e. The summed E-state index contributed by atoms with van der Waals surface area (Å²) in [5.74, 6) is -5.30. The Morgan fingerprint density at radius 3 is 2.22 bits per heavy atom. The topological polar surface area (TPSA) is 300 Å². The van der Waals surface area contributed by atoms with Gasteiger partial charge in [0.15, 0.2) is 24.0 Å². The maximum atomic E-state index is 15.5. The van der Waals surface area contributed by atoms with Crippen LogP contribution in [-0.4, -0.2) is 213 Å². The Hall–Kier alpha value is -5.06. The number of pyridine rings is 2. The van der Waals surface area contributed by atoms with Gasteiger partial charge < -0.3 is 83.2 Å². The number of halogens is 2. The number of ketones is 1. The van der Waals surface area contributed by atoms with Gasteiger partial charge in [-0.3, -0.25) is 19.4 Å². The molecule has 5 fully saturated rings. The fraction of sp³-hybridized carbons (Fsp3) is 0.724. The number of anilines is 2. The minimum absolute atomic E-state index is 0.00592. The van der Waals surface area contributed by atoms with Crippen LogP contribution in [0.3, 0.4) is 0 Å². The number of hydrogen-bond donors (Lipinski definition) is 4. The monoisotopic (exact) mass is 1230 g/mol. The van der Waals surface area contributed by atoms with Gasteiger partial charge in [-0.2, -0.15) is 0 Å². The Labute approximate surface area is 506 Å². The molecule has 0 saturated carbocycles. The number of methoxy groups -OCH3 is 2. The number of esters is 1. The highest BCUT2D eigenvalue weighted by Crippen LogP contribution is 2.45. The predicted octanol–water partition coefficient (Wildman–Crippen LogP) is 6.10. The van der Waals surface area contributed by atoms with Crippen molar-refractivity contribution in [2.45, 2.75) is 192 Å². The highest BCUT2D eigenvalue weighted by atomic mass is 35.5. The Balaban J connectivity index is 1.14. The van der Waals surface area contributed by atoms with Crippen LogP contribution in [0.2, 0.25) is 10.0 Å². The van der Waals surface area contributed by atoms with Gasteiger partial charge in [-0.1, -0.05) is 50.9 Å². The lowest BCUT2D eigenvalue weighted by Gasteiger charge is -2.50. The van der Waals surface area contributed by atoms with Gasteiger partial charge in [-0.15, -0.1) is 0 Å². The number of aliphatic hydroxyl groups is 2. The summed E-state index contributed by atoms with van der Waals surface area (Å²) in [5, 5.41) is 26.6. The van der Waals surface area contributed by atoms with E-state index in [0.29, 0.717) is 31.8 Å². The number of imidazole rings is 1. The summed E-state index contributed by atoms with van der Waals surface area (Å²) in [4.78, 5) is 90.5. The van der Waals surface area contributed by atoms with E-state index in [2.05, 4.69) is 20.3 Å². The highest BCUT2D eigenvalue weighted by molar-refractivity contribution is 6.39. The quantitative estimate of drug-likeness (QED) is 0.133. The third kappa shape index (κ3) is 13.2. The number of likely N-dealkylation sites (N-methyl/N-ethyl adjacent to an activating group) is 1. The molecule has 0 radical (unpaired) electrons. The third-order valence-corrected chi connectivity index (χ3v) is 18.9. The van der Waals surface area contributed by atoms with E-state index >= 15 is 9.59 Å². The summed E-state index contributed by atoms with van der Waals surface area (Å²) in [6.07, 6.45) is -4.07. The summed E-state index contributed by atoms with van der Waals surface area (Å²) in [5.41, 5.74) is 2.97. The number of nitrogens with zero attached hydrogens (tertiary/aromatic N) is 7. The number of nitrogen functional groups attached to an aromatic ring is 1. The molecule has 8 rings (SSSR count). The van der Waals surface area contributed by atoms with Crippen molar-refractivity contribution in [3.8, 4) is 0 Å². The first-order chi connectivity index (χ1) is 40.1. The summed E-state index contributed by atoms with van der Waals surface area (Å²) in [6.45, 7) is 19.2. The standard InChI is InChI=1S/C58H85Cl2N9O16/c1-14-39-58(10)47(69(55(76)85-58)17-15-16-68-28-64-42-43(68)35(25-63-50(42)61)51(73)65-41-36(59)26-62-27-37(41)60)31(4)44(70)29(2)23-57(9,78-13)49(84-53-45(71)38(22-30(3)80-53)66(11)54(75)67-18-20-79-21-19-67)32(5)46(33(6)52(74)82-39)83-40-24-56(8,77-12)48(72)34(7)81-40/h25-34,38-40,45-49,53,71-72H,14-24H2,1-13H3,(H2,61,63)(H,62,65,73)/t29-,30-,31+,32+,33-,34+,38+,39-,40+,45-,46+,47-,48+,49-,53+,56-,57-,58-/m1/s1. The Bertz CT molecular complexity index is 2880. The SMILES string of the molecule is CC[C@H]1OC(=O)[C@H](C)[C@@H](O[C@H]2C[C@@](C)(OC)[C@@H](O)[C@H](C)O2)[C@H](C)[C@@H](O[C@@H]2O[C@H](C)C[C@H](N(C)C(=O)N3CCOCC3)[C@H]2O)[C@](C)(OC)C[C@@H](C)C(=O)[C@H](C)[C@H]2N(CCCn3cnc4c(N)ncc(C(=O)Nc5c(Cl)cncc5Cl)c43)C(=O)O[C@]12C. The second kappa shape index (κ2) is 26.7. The largest absolute Gasteiger partial charge is 0.458 e. The average molecular weight is 1240 g/mol. The van der Waals surface area contributed by atoms with Crippen molar-refractivity contribution >= 4 is 75.5 Å². The number of urea groups is 1. The first-order valence-electron chi connectivity index (χ1n) is 29.2. The van der Waals surface area contributed by atoms with Crippen molar-refractivity contribution in [3.63, 3.8) is 0 Å². The minimum atomic E-state index is -1.60. The van der Waals surface area contributed by atoms with Crippen molar-refractivity contribution in [2.24, 2.45) is 23.7 Å². The van der Waals surface area contributed by atoms with Crippen LogP contribution in [0, 0.1) is 23.7 Å². The number of nitrogens with one attached hydrogen (secondary N) is 1. The van der Waals surface area contributed by atoms with Crippen LogP contribution < -0.4 is 11.1 Å². The maximum absolute atomic E-state index is 15.5. The summed E-state index contributed by atoms with van der Waals surface area (Å²) in [6, 6.07) is -2.06. The van der Waals surface area contributed by atoms with Gasteiger partial charge in [-0.05, 0) is 67.2 Å². The Morgan fingerprint density at radius 1 is 0.906 bits per heavy atom. The molecule has 8 heterocycles. The van der Waals surface area contributed by atoms with Gasteiger partial charge >= 0.3 is 18.1 Å². The molecule has 0 aromatic carbocycles. The number of hydrogen-bond acceptors (Lipinski definition) is 20. The molecule has 5 N–H and O–H groups in total. The van der Waals surface area contributed by atoms with Crippen molar-refractivity contribution in [1.82, 2.24) is 34.2 Å². The molecular formula is C58H85Cl2N9O16. The Kier molecular flexibility index (Phi) is 20.7. The maximum Gasteiger partial charge on any atom is 0.410 e. The van der Waals surface area contributed by atoms with E-state index in [1.54, 1.807) is 71.9 Å². The van der Waals surface area contributed by atoms with Crippen molar-refractivity contribution in [3.05, 3.63) is 40.5 Å². The molecular weight excluding hydrogens is 1150 g/mol. The molecule has 5 aliphatic heterocycles. The number of fused-ring (bicyclic) bond motifs is 2. The van der Waals surface area contributed by atoms with Crippen LogP contribution in [-0.2, 0) is 58.8 Å². The van der Waals surface area contributed by atoms with E-state index in [0.717, 1.165) is 0 Å². The first-order valence-corrected chi connectivity index (χ1v) is 30.0.